The summed E-state index contributed by atoms with van der Waals surface area (Å²) in [6, 6.07) is 5.47. The van der Waals surface area contributed by atoms with Gasteiger partial charge in [-0.15, -0.1) is 0 Å². The van der Waals surface area contributed by atoms with Crippen molar-refractivity contribution in [1.82, 2.24) is 4.90 Å². The average Bonchev–Trinajstić information content (AvgIpc) is 2.53. The number of ether oxygens (including phenoxy) is 2. The fourth-order valence-electron chi connectivity index (χ4n) is 2.34. The Morgan fingerprint density at radius 3 is 2.70 bits per heavy atom. The number of benzene rings is 1. The molecule has 0 atom stereocenters. The molecule has 2 N–H and O–H groups in total. The van der Waals surface area contributed by atoms with Gasteiger partial charge in [0.2, 0.25) is 0 Å². The molecule has 1 aliphatic rings. The third-order valence-corrected chi connectivity index (χ3v) is 3.55. The second-order valence-electron chi connectivity index (χ2n) is 4.91. The predicted molar refractivity (Wildman–Crippen MR) is 76.8 cm³/mol. The van der Waals surface area contributed by atoms with Gasteiger partial charge < -0.3 is 20.1 Å². The van der Waals surface area contributed by atoms with Crippen LogP contribution in [0.15, 0.2) is 18.2 Å². The minimum Gasteiger partial charge on any atom is -0.497 e. The molecule has 2 rings (SSSR count). The van der Waals surface area contributed by atoms with Crippen molar-refractivity contribution in [2.24, 2.45) is 5.73 Å². The third kappa shape index (κ3) is 3.63. The number of carbonyl (C=O) groups excluding carboxylic acids is 1. The number of carbonyl (C=O) groups is 1. The summed E-state index contributed by atoms with van der Waals surface area (Å²) in [5.41, 5.74) is 6.55. The Kier molecular flexibility index (Phi) is 5.24. The Balaban J connectivity index is 1.96. The predicted octanol–water partition coefficient (Wildman–Crippen LogP) is 1.55. The highest BCUT2D eigenvalue weighted by Crippen LogP contribution is 2.24. The lowest BCUT2D eigenvalue weighted by Gasteiger charge is -2.26. The molecule has 0 bridgehead atoms. The molecule has 1 aliphatic heterocycles. The number of methoxy groups -OCH3 is 1. The van der Waals surface area contributed by atoms with Crippen molar-refractivity contribution in [3.63, 3.8) is 0 Å². The van der Waals surface area contributed by atoms with Crippen LogP contribution >= 0.6 is 0 Å². The molecule has 5 nitrogen and oxygen atoms in total. The highest BCUT2D eigenvalue weighted by molar-refractivity contribution is 5.77. The zero-order valence-corrected chi connectivity index (χ0v) is 11.9. The van der Waals surface area contributed by atoms with E-state index in [4.69, 9.17) is 15.2 Å². The van der Waals surface area contributed by atoms with Crippen LogP contribution < -0.4 is 15.2 Å². The van der Waals surface area contributed by atoms with Gasteiger partial charge in [-0.2, -0.15) is 0 Å². The van der Waals surface area contributed by atoms with Gasteiger partial charge in [-0.25, -0.2) is 0 Å². The van der Waals surface area contributed by atoms with Crippen LogP contribution in [0.5, 0.6) is 11.5 Å². The summed E-state index contributed by atoms with van der Waals surface area (Å²) in [6.45, 7) is 2.10. The molecular weight excluding hydrogens is 256 g/mol. The van der Waals surface area contributed by atoms with Gasteiger partial charge in [0.05, 0.1) is 7.11 Å². The van der Waals surface area contributed by atoms with Crippen molar-refractivity contribution < 1.29 is 14.3 Å². The molecule has 0 aromatic heterocycles. The molecule has 0 unspecified atom stereocenters. The van der Waals surface area contributed by atoms with Crippen molar-refractivity contribution >= 4 is 5.91 Å². The standard InChI is InChI=1S/C15H22N2O3/c1-19-13-6-5-12(10-16)14(9-13)20-11-15(18)17-7-3-2-4-8-17/h5-6,9H,2-4,7-8,10-11,16H2,1H3. The smallest absolute Gasteiger partial charge is 0.260 e. The van der Waals surface area contributed by atoms with E-state index >= 15 is 0 Å². The maximum Gasteiger partial charge on any atom is 0.260 e. The van der Waals surface area contributed by atoms with Gasteiger partial charge >= 0.3 is 0 Å². The molecule has 0 saturated carbocycles. The van der Waals surface area contributed by atoms with Gasteiger partial charge in [0, 0.05) is 31.3 Å². The zero-order chi connectivity index (χ0) is 14.4. The summed E-state index contributed by atoms with van der Waals surface area (Å²) < 4.78 is 10.8. The maximum atomic E-state index is 12.1. The molecule has 1 aromatic rings. The van der Waals surface area contributed by atoms with Crippen LogP contribution in [-0.2, 0) is 11.3 Å². The van der Waals surface area contributed by atoms with Crippen molar-refractivity contribution in [3.8, 4) is 11.5 Å². The van der Waals surface area contributed by atoms with E-state index in [1.54, 1.807) is 13.2 Å². The lowest BCUT2D eigenvalue weighted by Crippen LogP contribution is -2.38. The molecule has 0 radical (unpaired) electrons. The van der Waals surface area contributed by atoms with Crippen LogP contribution in [0.4, 0.5) is 0 Å². The van der Waals surface area contributed by atoms with Crippen LogP contribution in [0.1, 0.15) is 24.8 Å². The number of likely N-dealkylation sites (tertiary alicyclic amines) is 1. The highest BCUT2D eigenvalue weighted by atomic mass is 16.5. The molecule has 1 amide bonds. The summed E-state index contributed by atoms with van der Waals surface area (Å²) in [7, 11) is 1.60. The topological polar surface area (TPSA) is 64.8 Å². The highest BCUT2D eigenvalue weighted by Gasteiger charge is 2.17. The van der Waals surface area contributed by atoms with Crippen LogP contribution in [0.3, 0.4) is 0 Å². The first-order chi connectivity index (χ1) is 9.74. The lowest BCUT2D eigenvalue weighted by atomic mass is 10.1. The number of nitrogens with two attached hydrogens (primary N) is 1. The largest absolute Gasteiger partial charge is 0.497 e. The minimum absolute atomic E-state index is 0.0375. The van der Waals surface area contributed by atoms with Crippen molar-refractivity contribution in [2.45, 2.75) is 25.8 Å². The van der Waals surface area contributed by atoms with E-state index in [0.717, 1.165) is 31.5 Å². The fourth-order valence-corrected chi connectivity index (χ4v) is 2.34. The number of hydrogen-bond acceptors (Lipinski definition) is 4. The summed E-state index contributed by atoms with van der Waals surface area (Å²) in [5.74, 6) is 1.36. The van der Waals surface area contributed by atoms with E-state index in [2.05, 4.69) is 0 Å². The zero-order valence-electron chi connectivity index (χ0n) is 11.9. The molecule has 1 fully saturated rings. The van der Waals surface area contributed by atoms with Gasteiger partial charge in [0.1, 0.15) is 11.5 Å². The molecule has 0 spiro atoms. The van der Waals surface area contributed by atoms with Gasteiger partial charge in [-0.05, 0) is 25.3 Å². The van der Waals surface area contributed by atoms with Crippen molar-refractivity contribution in [3.05, 3.63) is 23.8 Å². The molecule has 110 valence electrons. The Bertz CT molecular complexity index is 456. The average molecular weight is 278 g/mol. The first-order valence-electron chi connectivity index (χ1n) is 7.02. The molecule has 1 heterocycles. The van der Waals surface area contributed by atoms with Gasteiger partial charge in [-0.1, -0.05) is 6.07 Å². The van der Waals surface area contributed by atoms with Crippen LogP contribution in [-0.4, -0.2) is 37.6 Å². The Hall–Kier alpha value is -1.75. The normalized spacial score (nSPS) is 15.0. The Morgan fingerprint density at radius 1 is 1.30 bits per heavy atom. The molecular formula is C15H22N2O3. The van der Waals surface area contributed by atoms with E-state index in [1.165, 1.54) is 6.42 Å². The fraction of sp³-hybridized carbons (Fsp3) is 0.533. The van der Waals surface area contributed by atoms with E-state index in [0.29, 0.717) is 18.0 Å². The first kappa shape index (κ1) is 14.7. The molecule has 20 heavy (non-hydrogen) atoms. The van der Waals surface area contributed by atoms with Crippen LogP contribution in [0.2, 0.25) is 0 Å². The summed E-state index contributed by atoms with van der Waals surface area (Å²) in [6.07, 6.45) is 3.37. The Morgan fingerprint density at radius 2 is 2.05 bits per heavy atom. The van der Waals surface area contributed by atoms with E-state index in [-0.39, 0.29) is 12.5 Å². The first-order valence-corrected chi connectivity index (χ1v) is 7.02. The SMILES string of the molecule is COc1ccc(CN)c(OCC(=O)N2CCCCC2)c1. The monoisotopic (exact) mass is 278 g/mol. The molecule has 1 aromatic carbocycles. The quantitative estimate of drug-likeness (QED) is 0.887. The molecule has 1 saturated heterocycles. The number of rotatable bonds is 5. The van der Waals surface area contributed by atoms with Crippen LogP contribution in [0.25, 0.3) is 0 Å². The van der Waals surface area contributed by atoms with E-state index < -0.39 is 0 Å². The number of hydrogen-bond donors (Lipinski definition) is 1. The third-order valence-electron chi connectivity index (χ3n) is 3.55. The Labute approximate surface area is 119 Å². The summed E-state index contributed by atoms with van der Waals surface area (Å²) in [5, 5.41) is 0. The second kappa shape index (κ2) is 7.14. The second-order valence-corrected chi connectivity index (χ2v) is 4.91. The molecule has 0 aliphatic carbocycles. The number of amides is 1. The number of piperidine rings is 1. The van der Waals surface area contributed by atoms with E-state index in [1.807, 2.05) is 17.0 Å². The van der Waals surface area contributed by atoms with Crippen molar-refractivity contribution in [1.29, 1.82) is 0 Å². The van der Waals surface area contributed by atoms with Gasteiger partial charge in [0.25, 0.3) is 5.91 Å². The number of nitrogens with zero attached hydrogens (tertiary/aromatic N) is 1. The van der Waals surface area contributed by atoms with Crippen LogP contribution in [0, 0.1) is 0 Å². The van der Waals surface area contributed by atoms with E-state index in [9.17, 15) is 4.79 Å². The lowest BCUT2D eigenvalue weighted by molar-refractivity contribution is -0.134. The van der Waals surface area contributed by atoms with Gasteiger partial charge in [0.15, 0.2) is 6.61 Å². The maximum absolute atomic E-state index is 12.1. The minimum atomic E-state index is 0.0375. The van der Waals surface area contributed by atoms with Crippen molar-refractivity contribution in [2.75, 3.05) is 26.8 Å². The van der Waals surface area contributed by atoms with Gasteiger partial charge in [-0.3, -0.25) is 4.79 Å². The summed E-state index contributed by atoms with van der Waals surface area (Å²) >= 11 is 0. The summed E-state index contributed by atoms with van der Waals surface area (Å²) in [4.78, 5) is 13.9. The molecule has 5 heteroatoms.